The third-order valence-electron chi connectivity index (χ3n) is 5.48. The molecule has 0 radical (unpaired) electrons. The summed E-state index contributed by atoms with van der Waals surface area (Å²) in [6, 6.07) is 12.4. The second-order valence-electron chi connectivity index (χ2n) is 7.77. The monoisotopic (exact) mass is 443 g/mol. The number of nitrogens with two attached hydrogens (primary N) is 1. The average Bonchev–Trinajstić information content (AvgIpc) is 3.27. The molecule has 5 rings (SSSR count). The Labute approximate surface area is 188 Å². The van der Waals surface area contributed by atoms with Gasteiger partial charge in [0.25, 0.3) is 5.56 Å². The number of esters is 1. The van der Waals surface area contributed by atoms with Crippen molar-refractivity contribution in [2.45, 2.75) is 32.9 Å². The summed E-state index contributed by atoms with van der Waals surface area (Å²) in [6.45, 7) is 2.44. The van der Waals surface area contributed by atoms with Gasteiger partial charge in [0, 0.05) is 18.7 Å². The molecule has 0 bridgehead atoms. The Morgan fingerprint density at radius 3 is 2.85 bits per heavy atom. The third kappa shape index (κ3) is 4.10. The maximum Gasteiger partial charge on any atom is 0.338 e. The first-order chi connectivity index (χ1) is 16.0. The molecule has 10 heteroatoms. The van der Waals surface area contributed by atoms with Crippen molar-refractivity contribution in [3.63, 3.8) is 0 Å². The smallest absolute Gasteiger partial charge is 0.338 e. The van der Waals surface area contributed by atoms with Crippen LogP contribution >= 0.6 is 0 Å². The van der Waals surface area contributed by atoms with E-state index in [1.807, 2.05) is 31.2 Å². The molecule has 33 heavy (non-hydrogen) atoms. The van der Waals surface area contributed by atoms with E-state index in [2.05, 4.69) is 25.3 Å². The zero-order chi connectivity index (χ0) is 22.9. The molecule has 2 aromatic heterocycles. The van der Waals surface area contributed by atoms with E-state index in [-0.39, 0.29) is 35.5 Å². The molecule has 0 saturated carbocycles. The van der Waals surface area contributed by atoms with Crippen LogP contribution in [-0.4, -0.2) is 30.5 Å². The first kappa shape index (κ1) is 20.6. The molecule has 4 aromatic rings. The summed E-state index contributed by atoms with van der Waals surface area (Å²) < 4.78 is 7.07. The van der Waals surface area contributed by atoms with Crippen molar-refractivity contribution in [1.29, 1.82) is 0 Å². The minimum Gasteiger partial charge on any atom is -0.454 e. The number of aromatic nitrogens is 5. The van der Waals surface area contributed by atoms with Gasteiger partial charge in [0.05, 0.1) is 16.5 Å². The van der Waals surface area contributed by atoms with E-state index in [0.717, 1.165) is 29.9 Å². The van der Waals surface area contributed by atoms with Crippen LogP contribution in [0, 0.1) is 6.92 Å². The highest BCUT2D eigenvalue weighted by Gasteiger charge is 2.18. The number of nitrogens with one attached hydrogen (secondary N) is 1. The molecule has 3 heterocycles. The molecular weight excluding hydrogens is 422 g/mol. The molecule has 1 aliphatic rings. The van der Waals surface area contributed by atoms with Crippen LogP contribution < -0.4 is 16.6 Å². The van der Waals surface area contributed by atoms with Gasteiger partial charge in [-0.3, -0.25) is 9.36 Å². The van der Waals surface area contributed by atoms with Gasteiger partial charge in [-0.2, -0.15) is 15.0 Å². The van der Waals surface area contributed by atoms with Crippen molar-refractivity contribution in [2.24, 2.45) is 0 Å². The number of para-hydroxylation sites is 1. The van der Waals surface area contributed by atoms with Gasteiger partial charge in [0.1, 0.15) is 5.82 Å². The number of carbonyl (C=O) groups excluding carboxylic acids is 1. The Balaban J connectivity index is 1.33. The number of ether oxygens (including phenoxy) is 1. The van der Waals surface area contributed by atoms with E-state index in [1.165, 1.54) is 0 Å². The summed E-state index contributed by atoms with van der Waals surface area (Å²) in [5, 5.41) is 3.58. The predicted molar refractivity (Wildman–Crippen MR) is 122 cm³/mol. The number of carbonyl (C=O) groups is 1. The third-order valence-corrected chi connectivity index (χ3v) is 5.48. The number of hydrogen-bond acceptors (Lipinski definition) is 9. The largest absolute Gasteiger partial charge is 0.454 e. The first-order valence-corrected chi connectivity index (χ1v) is 10.5. The molecule has 0 spiro atoms. The number of nitrogen functional groups attached to an aromatic ring is 1. The van der Waals surface area contributed by atoms with Gasteiger partial charge in [-0.1, -0.05) is 18.2 Å². The van der Waals surface area contributed by atoms with Crippen LogP contribution in [0.25, 0.3) is 10.9 Å². The lowest BCUT2D eigenvalue weighted by Gasteiger charge is -2.10. The normalized spacial score (nSPS) is 12.5. The zero-order valence-corrected chi connectivity index (χ0v) is 17.9. The van der Waals surface area contributed by atoms with Gasteiger partial charge in [-0.05, 0) is 43.2 Å². The van der Waals surface area contributed by atoms with Crippen LogP contribution in [0.15, 0.2) is 47.3 Å². The second-order valence-corrected chi connectivity index (χ2v) is 7.77. The summed E-state index contributed by atoms with van der Waals surface area (Å²) in [6.07, 6.45) is 1.64. The number of fused-ring (bicyclic) bond motifs is 2. The number of rotatable bonds is 5. The van der Waals surface area contributed by atoms with Crippen molar-refractivity contribution in [3.05, 3.63) is 75.6 Å². The summed E-state index contributed by atoms with van der Waals surface area (Å²) in [5.74, 6) is 0.643. The molecule has 0 aliphatic carbocycles. The number of hydrogen-bond donors (Lipinski definition) is 2. The van der Waals surface area contributed by atoms with Crippen LogP contribution in [0.3, 0.4) is 0 Å². The summed E-state index contributed by atoms with van der Waals surface area (Å²) in [5.41, 5.74) is 8.34. The predicted octanol–water partition coefficient (Wildman–Crippen LogP) is 2.52. The van der Waals surface area contributed by atoms with Crippen molar-refractivity contribution in [3.8, 4) is 0 Å². The van der Waals surface area contributed by atoms with Crippen molar-refractivity contribution < 1.29 is 9.53 Å². The highest BCUT2D eigenvalue weighted by Crippen LogP contribution is 2.19. The summed E-state index contributed by atoms with van der Waals surface area (Å²) in [4.78, 5) is 42.2. The highest BCUT2D eigenvalue weighted by atomic mass is 16.5. The van der Waals surface area contributed by atoms with Gasteiger partial charge in [0.15, 0.2) is 12.4 Å². The standard InChI is InChI=1S/C23H21N7O3/c1-13-5-2-3-6-16(13)26-23-28-18(27-22(24)29-23)12-33-21(32)14-8-9-15-17(11-14)25-19-7-4-10-30(19)20(15)31/h2-3,5-6,8-9,11H,4,7,10,12H2,1H3,(H3,24,26,27,28,29). The number of aryl methyl sites for hydroxylation is 2. The molecule has 0 amide bonds. The minimum atomic E-state index is -0.577. The lowest BCUT2D eigenvalue weighted by atomic mass is 10.1. The Bertz CT molecular complexity index is 1450. The summed E-state index contributed by atoms with van der Waals surface area (Å²) in [7, 11) is 0. The van der Waals surface area contributed by atoms with Gasteiger partial charge in [0.2, 0.25) is 11.9 Å². The molecule has 10 nitrogen and oxygen atoms in total. The minimum absolute atomic E-state index is 0.0105. The van der Waals surface area contributed by atoms with Crippen LogP contribution in [0.4, 0.5) is 17.6 Å². The van der Waals surface area contributed by atoms with E-state index < -0.39 is 5.97 Å². The molecule has 0 fully saturated rings. The van der Waals surface area contributed by atoms with Gasteiger partial charge < -0.3 is 15.8 Å². The molecular formula is C23H21N7O3. The lowest BCUT2D eigenvalue weighted by Crippen LogP contribution is -2.21. The number of nitrogens with zero attached hydrogens (tertiary/aromatic N) is 5. The fraction of sp³-hybridized carbons (Fsp3) is 0.217. The van der Waals surface area contributed by atoms with Crippen LogP contribution in [0.1, 0.15) is 34.0 Å². The van der Waals surface area contributed by atoms with Crippen molar-refractivity contribution in [2.75, 3.05) is 11.1 Å². The van der Waals surface area contributed by atoms with Gasteiger partial charge >= 0.3 is 5.97 Å². The van der Waals surface area contributed by atoms with Gasteiger partial charge in [-0.25, -0.2) is 9.78 Å². The molecule has 1 aliphatic heterocycles. The Morgan fingerprint density at radius 1 is 1.15 bits per heavy atom. The quantitative estimate of drug-likeness (QED) is 0.446. The lowest BCUT2D eigenvalue weighted by molar-refractivity contribution is 0.0462. The topological polar surface area (TPSA) is 138 Å². The van der Waals surface area contributed by atoms with E-state index in [9.17, 15) is 9.59 Å². The van der Waals surface area contributed by atoms with Crippen LogP contribution in [-0.2, 0) is 24.3 Å². The molecule has 0 atom stereocenters. The first-order valence-electron chi connectivity index (χ1n) is 10.5. The van der Waals surface area contributed by atoms with Gasteiger partial charge in [-0.15, -0.1) is 0 Å². The highest BCUT2D eigenvalue weighted by molar-refractivity contribution is 5.94. The zero-order valence-electron chi connectivity index (χ0n) is 17.9. The Morgan fingerprint density at radius 2 is 2.00 bits per heavy atom. The van der Waals surface area contributed by atoms with E-state index in [4.69, 9.17) is 10.5 Å². The van der Waals surface area contributed by atoms with Crippen LogP contribution in [0.5, 0.6) is 0 Å². The fourth-order valence-electron chi connectivity index (χ4n) is 3.82. The van der Waals surface area contributed by atoms with E-state index in [0.29, 0.717) is 17.4 Å². The fourth-order valence-corrected chi connectivity index (χ4v) is 3.82. The number of anilines is 3. The molecule has 2 aromatic carbocycles. The molecule has 166 valence electrons. The molecule has 0 unspecified atom stereocenters. The Hall–Kier alpha value is -4.34. The molecule has 0 saturated heterocycles. The average molecular weight is 443 g/mol. The second kappa shape index (κ2) is 8.30. The van der Waals surface area contributed by atoms with E-state index >= 15 is 0 Å². The molecule has 3 N–H and O–H groups in total. The van der Waals surface area contributed by atoms with Crippen LogP contribution in [0.2, 0.25) is 0 Å². The SMILES string of the molecule is Cc1ccccc1Nc1nc(N)nc(COC(=O)c2ccc3c(=O)n4c(nc3c2)CCC4)n1. The maximum absolute atomic E-state index is 12.6. The Kier molecular flexibility index (Phi) is 5.17. The maximum atomic E-state index is 12.6. The van der Waals surface area contributed by atoms with Crippen molar-refractivity contribution >= 4 is 34.5 Å². The van der Waals surface area contributed by atoms with E-state index in [1.54, 1.807) is 22.8 Å². The summed E-state index contributed by atoms with van der Waals surface area (Å²) >= 11 is 0. The number of benzene rings is 2. The van der Waals surface area contributed by atoms with Crippen molar-refractivity contribution in [1.82, 2.24) is 24.5 Å².